The van der Waals surface area contributed by atoms with Crippen molar-refractivity contribution in [2.45, 2.75) is 103 Å². The van der Waals surface area contributed by atoms with Gasteiger partial charge in [-0.2, -0.15) is 0 Å². The highest BCUT2D eigenvalue weighted by Gasteiger charge is 2.51. The molecule has 0 heterocycles. The van der Waals surface area contributed by atoms with Crippen molar-refractivity contribution in [2.24, 2.45) is 5.92 Å². The summed E-state index contributed by atoms with van der Waals surface area (Å²) in [5, 5.41) is 2.32. The van der Waals surface area contributed by atoms with E-state index in [9.17, 15) is 4.79 Å². The van der Waals surface area contributed by atoms with E-state index >= 15 is 0 Å². The van der Waals surface area contributed by atoms with Crippen molar-refractivity contribution in [2.75, 3.05) is 34.4 Å². The number of Topliss-reactive ketones (excluding diaryl/α,β-unsaturated/α-hetero) is 1. The maximum Gasteiger partial charge on any atom is 0.261 e. The summed E-state index contributed by atoms with van der Waals surface area (Å²) in [5.74, 6) is -0.212. The number of methoxy groups -OCH3 is 2. The zero-order chi connectivity index (χ0) is 32.8. The second kappa shape index (κ2) is 18.4. The highest BCUT2D eigenvalue weighted by molar-refractivity contribution is 6.99. The number of carbonyl (C=O) groups excluding carboxylic acids is 1. The molecule has 0 bridgehead atoms. The van der Waals surface area contributed by atoms with E-state index in [1.54, 1.807) is 14.2 Å². The van der Waals surface area contributed by atoms with Crippen LogP contribution in [-0.4, -0.2) is 75.1 Å². The molecule has 0 aliphatic carbocycles. The van der Waals surface area contributed by atoms with Crippen LogP contribution in [0.5, 0.6) is 0 Å². The SMILES string of the molecule is CC[Si](CC)(CC)O[C@@H](CO[Si](c1ccccc1)(c1ccccc1)C(C)(C)C)C[C@@H](C)[C@H](OCOC)[C@@H](OCOC)C(C)=O. The van der Waals surface area contributed by atoms with Crippen LogP contribution in [0.1, 0.15) is 61.8 Å². The standard InChI is InChI=1S/C35H58O7Si2/c1-11-43(12-2,13-3)42-30(24-28(4)33(39-26-37-9)34(29(5)36)40-27-38-10)25-41-44(35(6,7)8,31-20-16-14-17-21-31)32-22-18-15-19-23-32/h14-23,28,30,33-34H,11-13,24-27H2,1-10H3/t28-,30-,33+,34+/m1/s1. The number of ether oxygens (including phenoxy) is 4. The molecule has 0 radical (unpaired) electrons. The van der Waals surface area contributed by atoms with Crippen LogP contribution in [0, 0.1) is 5.92 Å². The maximum atomic E-state index is 12.7. The first-order chi connectivity index (χ1) is 20.9. The Labute approximate surface area is 269 Å². The fraction of sp³-hybridized carbons (Fsp3) is 0.629. The summed E-state index contributed by atoms with van der Waals surface area (Å²) in [6.07, 6.45) is -0.880. The lowest BCUT2D eigenvalue weighted by Gasteiger charge is -2.44. The van der Waals surface area contributed by atoms with Crippen molar-refractivity contribution < 1.29 is 32.6 Å². The van der Waals surface area contributed by atoms with Crippen LogP contribution in [0.15, 0.2) is 60.7 Å². The van der Waals surface area contributed by atoms with Crippen LogP contribution in [0.2, 0.25) is 23.2 Å². The van der Waals surface area contributed by atoms with Crippen LogP contribution in [0.4, 0.5) is 0 Å². The minimum Gasteiger partial charge on any atom is -0.412 e. The summed E-state index contributed by atoms with van der Waals surface area (Å²) in [6, 6.07) is 24.5. The van der Waals surface area contributed by atoms with E-state index in [1.807, 2.05) is 0 Å². The van der Waals surface area contributed by atoms with E-state index in [1.165, 1.54) is 17.3 Å². The summed E-state index contributed by atoms with van der Waals surface area (Å²) >= 11 is 0. The van der Waals surface area contributed by atoms with Gasteiger partial charge in [0.1, 0.15) is 19.7 Å². The molecule has 2 aromatic rings. The van der Waals surface area contributed by atoms with E-state index in [0.717, 1.165) is 18.1 Å². The molecule has 44 heavy (non-hydrogen) atoms. The van der Waals surface area contributed by atoms with Gasteiger partial charge in [0.25, 0.3) is 8.32 Å². The Kier molecular flexibility index (Phi) is 16.1. The van der Waals surface area contributed by atoms with E-state index in [-0.39, 0.29) is 36.4 Å². The molecule has 7 nitrogen and oxygen atoms in total. The molecule has 2 rings (SSSR count). The zero-order valence-corrected chi connectivity index (χ0v) is 30.9. The second-order valence-electron chi connectivity index (χ2n) is 12.8. The molecule has 0 aromatic heterocycles. The highest BCUT2D eigenvalue weighted by Crippen LogP contribution is 2.38. The molecule has 0 amide bonds. The fourth-order valence-corrected chi connectivity index (χ4v) is 13.8. The minimum absolute atomic E-state index is 0.00175. The molecule has 0 aliphatic heterocycles. The summed E-state index contributed by atoms with van der Waals surface area (Å²) in [7, 11) is -1.69. The molecule has 0 saturated carbocycles. The third-order valence-corrected chi connectivity index (χ3v) is 18.6. The van der Waals surface area contributed by atoms with E-state index < -0.39 is 28.8 Å². The zero-order valence-electron chi connectivity index (χ0n) is 28.9. The summed E-state index contributed by atoms with van der Waals surface area (Å²) in [6.45, 7) is 17.7. The molecule has 248 valence electrons. The summed E-state index contributed by atoms with van der Waals surface area (Å²) in [5.41, 5.74) is 0. The van der Waals surface area contributed by atoms with E-state index in [4.69, 9.17) is 27.8 Å². The molecular formula is C35H58O7Si2. The van der Waals surface area contributed by atoms with Crippen LogP contribution < -0.4 is 10.4 Å². The van der Waals surface area contributed by atoms with Crippen molar-refractivity contribution in [1.29, 1.82) is 0 Å². The third-order valence-electron chi connectivity index (χ3n) is 8.89. The predicted molar refractivity (Wildman–Crippen MR) is 184 cm³/mol. The maximum absolute atomic E-state index is 12.7. The number of rotatable bonds is 21. The van der Waals surface area contributed by atoms with Gasteiger partial charge in [-0.3, -0.25) is 4.79 Å². The number of hydrogen-bond acceptors (Lipinski definition) is 7. The van der Waals surface area contributed by atoms with Crippen molar-refractivity contribution >= 4 is 32.8 Å². The quantitative estimate of drug-likeness (QED) is 0.113. The Morgan fingerprint density at radius 2 is 1.27 bits per heavy atom. The van der Waals surface area contributed by atoms with Gasteiger partial charge in [-0.1, -0.05) is 109 Å². The van der Waals surface area contributed by atoms with Gasteiger partial charge in [-0.15, -0.1) is 0 Å². The van der Waals surface area contributed by atoms with Gasteiger partial charge in [0, 0.05) is 14.2 Å². The van der Waals surface area contributed by atoms with Crippen LogP contribution in [0.3, 0.4) is 0 Å². The summed E-state index contributed by atoms with van der Waals surface area (Å²) < 4.78 is 37.0. The van der Waals surface area contributed by atoms with Gasteiger partial charge in [-0.25, -0.2) is 0 Å². The van der Waals surface area contributed by atoms with Gasteiger partial charge < -0.3 is 27.8 Å². The number of benzene rings is 2. The molecule has 0 fully saturated rings. The molecule has 0 N–H and O–H groups in total. The van der Waals surface area contributed by atoms with Crippen LogP contribution in [0.25, 0.3) is 0 Å². The first-order valence-corrected chi connectivity index (χ1v) is 20.5. The van der Waals surface area contributed by atoms with Crippen molar-refractivity contribution in [3.8, 4) is 0 Å². The number of ketones is 1. The van der Waals surface area contributed by atoms with E-state index in [2.05, 4.69) is 109 Å². The molecule has 0 aliphatic rings. The minimum atomic E-state index is -2.79. The smallest absolute Gasteiger partial charge is 0.261 e. The number of carbonyl (C=O) groups is 1. The fourth-order valence-electron chi connectivity index (χ4n) is 6.31. The lowest BCUT2D eigenvalue weighted by atomic mass is 9.92. The van der Waals surface area contributed by atoms with Gasteiger partial charge in [0.2, 0.25) is 0 Å². The molecule has 2 aromatic carbocycles. The molecule has 9 heteroatoms. The highest BCUT2D eigenvalue weighted by atomic mass is 28.4. The molecule has 0 spiro atoms. The van der Waals surface area contributed by atoms with Gasteiger partial charge in [0.05, 0.1) is 18.8 Å². The predicted octanol–water partition coefficient (Wildman–Crippen LogP) is 6.55. The lowest BCUT2D eigenvalue weighted by molar-refractivity contribution is -0.180. The van der Waals surface area contributed by atoms with Gasteiger partial charge in [-0.05, 0) is 52.8 Å². The second-order valence-corrected chi connectivity index (χ2v) is 21.8. The molecule has 0 unspecified atom stereocenters. The Hall–Kier alpha value is -1.70. The topological polar surface area (TPSA) is 72.5 Å². The normalized spacial score (nSPS) is 15.5. The Morgan fingerprint density at radius 1 is 0.795 bits per heavy atom. The van der Waals surface area contributed by atoms with Gasteiger partial charge in [0.15, 0.2) is 14.1 Å². The van der Waals surface area contributed by atoms with Crippen LogP contribution >= 0.6 is 0 Å². The van der Waals surface area contributed by atoms with Crippen LogP contribution in [-0.2, 0) is 32.6 Å². The Bertz CT molecular complexity index is 1030. The monoisotopic (exact) mass is 646 g/mol. The molecule has 0 saturated heterocycles. The first kappa shape index (κ1) is 38.5. The third kappa shape index (κ3) is 9.90. The molecule has 4 atom stereocenters. The number of hydrogen-bond donors (Lipinski definition) is 0. The Morgan fingerprint density at radius 3 is 1.68 bits per heavy atom. The van der Waals surface area contributed by atoms with Crippen molar-refractivity contribution in [3.05, 3.63) is 60.7 Å². The average molecular weight is 647 g/mol. The van der Waals surface area contributed by atoms with Gasteiger partial charge >= 0.3 is 0 Å². The first-order valence-electron chi connectivity index (χ1n) is 16.1. The summed E-state index contributed by atoms with van der Waals surface area (Å²) in [4.78, 5) is 12.7. The van der Waals surface area contributed by atoms with E-state index in [0.29, 0.717) is 13.0 Å². The largest absolute Gasteiger partial charge is 0.412 e. The Balaban J connectivity index is 2.58. The average Bonchev–Trinajstić information content (AvgIpc) is 3.01. The van der Waals surface area contributed by atoms with Crippen molar-refractivity contribution in [3.63, 3.8) is 0 Å². The van der Waals surface area contributed by atoms with Crippen molar-refractivity contribution in [1.82, 2.24) is 0 Å². The lowest BCUT2D eigenvalue weighted by Crippen LogP contribution is -2.67. The molecular weight excluding hydrogens is 589 g/mol.